The van der Waals surface area contributed by atoms with Crippen LogP contribution in [-0.2, 0) is 9.59 Å². The highest BCUT2D eigenvalue weighted by Crippen LogP contribution is 2.35. The summed E-state index contributed by atoms with van der Waals surface area (Å²) in [4.78, 5) is 25.8. The van der Waals surface area contributed by atoms with Gasteiger partial charge in [-0.15, -0.1) is 0 Å². The van der Waals surface area contributed by atoms with Crippen LogP contribution in [0.2, 0.25) is 0 Å². The molecule has 0 radical (unpaired) electrons. The third kappa shape index (κ3) is 2.54. The van der Waals surface area contributed by atoms with Crippen molar-refractivity contribution >= 4 is 23.2 Å². The van der Waals surface area contributed by atoms with Gasteiger partial charge in [-0.3, -0.25) is 9.59 Å². The molecule has 0 spiro atoms. The predicted octanol–water partition coefficient (Wildman–Crippen LogP) is 1.64. The zero-order valence-corrected chi connectivity index (χ0v) is 12.7. The Labute approximate surface area is 129 Å². The highest BCUT2D eigenvalue weighted by atomic mass is 16.5. The van der Waals surface area contributed by atoms with Gasteiger partial charge in [0.1, 0.15) is 5.75 Å². The zero-order valence-electron chi connectivity index (χ0n) is 12.7. The van der Waals surface area contributed by atoms with Crippen molar-refractivity contribution in [3.05, 3.63) is 18.2 Å². The second-order valence-corrected chi connectivity index (χ2v) is 6.00. The number of anilines is 2. The lowest BCUT2D eigenvalue weighted by Gasteiger charge is -2.36. The van der Waals surface area contributed by atoms with Crippen LogP contribution in [0, 0.1) is 0 Å². The van der Waals surface area contributed by atoms with Gasteiger partial charge in [-0.25, -0.2) is 0 Å². The lowest BCUT2D eigenvalue weighted by molar-refractivity contribution is -0.123. The highest BCUT2D eigenvalue weighted by Gasteiger charge is 2.40. The van der Waals surface area contributed by atoms with Gasteiger partial charge in [-0.05, 0) is 37.8 Å². The molecule has 1 aromatic rings. The average Bonchev–Trinajstić information content (AvgIpc) is 2.90. The monoisotopic (exact) mass is 303 g/mol. The maximum Gasteiger partial charge on any atom is 0.244 e. The molecule has 2 amide bonds. The number of methoxy groups -OCH3 is 1. The molecule has 2 fully saturated rings. The second kappa shape index (κ2) is 5.61. The van der Waals surface area contributed by atoms with Crippen molar-refractivity contribution in [2.24, 2.45) is 5.73 Å². The van der Waals surface area contributed by atoms with Crippen LogP contribution in [0.1, 0.15) is 32.1 Å². The van der Waals surface area contributed by atoms with Crippen LogP contribution in [-0.4, -0.2) is 31.0 Å². The summed E-state index contributed by atoms with van der Waals surface area (Å²) in [6.45, 7) is 0.701. The largest absolute Gasteiger partial charge is 0.494 e. The summed E-state index contributed by atoms with van der Waals surface area (Å²) in [6, 6.07) is 5.33. The Hall–Kier alpha value is -2.08. The highest BCUT2D eigenvalue weighted by molar-refractivity contribution is 6.00. The Kier molecular flexibility index (Phi) is 3.78. The smallest absolute Gasteiger partial charge is 0.244 e. The van der Waals surface area contributed by atoms with Gasteiger partial charge in [-0.2, -0.15) is 0 Å². The van der Waals surface area contributed by atoms with Crippen LogP contribution in [0.4, 0.5) is 11.4 Å². The topological polar surface area (TPSA) is 84.7 Å². The van der Waals surface area contributed by atoms with Crippen molar-refractivity contribution in [3.8, 4) is 5.75 Å². The lowest BCUT2D eigenvalue weighted by atomic mass is 9.77. The van der Waals surface area contributed by atoms with E-state index >= 15 is 0 Å². The molecule has 3 rings (SSSR count). The molecule has 1 heterocycles. The number of nitrogens with two attached hydrogens (primary N) is 1. The number of hydrogen-bond acceptors (Lipinski definition) is 4. The van der Waals surface area contributed by atoms with Gasteiger partial charge in [0, 0.05) is 24.7 Å². The molecule has 1 saturated heterocycles. The number of hydrogen-bond donors (Lipinski definition) is 2. The summed E-state index contributed by atoms with van der Waals surface area (Å²) < 4.78 is 5.38. The SMILES string of the molecule is COc1cc(NC(=O)C2(N)CCC2)ccc1N1CCCC1=O. The van der Waals surface area contributed by atoms with E-state index in [4.69, 9.17) is 10.5 Å². The minimum Gasteiger partial charge on any atom is -0.494 e. The molecule has 0 aromatic heterocycles. The normalized spacial score (nSPS) is 19.7. The molecule has 1 aliphatic carbocycles. The molecule has 22 heavy (non-hydrogen) atoms. The molecule has 0 unspecified atom stereocenters. The molecule has 0 atom stereocenters. The molecule has 3 N–H and O–H groups in total. The summed E-state index contributed by atoms with van der Waals surface area (Å²) in [5, 5.41) is 2.84. The number of carbonyl (C=O) groups is 2. The lowest BCUT2D eigenvalue weighted by Crippen LogP contribution is -2.56. The van der Waals surface area contributed by atoms with Crippen LogP contribution < -0.4 is 20.7 Å². The van der Waals surface area contributed by atoms with E-state index in [1.165, 1.54) is 0 Å². The number of ether oxygens (including phenoxy) is 1. The maximum atomic E-state index is 12.2. The molecule has 118 valence electrons. The number of nitrogens with one attached hydrogen (secondary N) is 1. The quantitative estimate of drug-likeness (QED) is 0.885. The first-order valence-corrected chi connectivity index (χ1v) is 7.62. The Morgan fingerprint density at radius 3 is 2.68 bits per heavy atom. The molecule has 1 aromatic carbocycles. The van der Waals surface area contributed by atoms with Gasteiger partial charge >= 0.3 is 0 Å². The number of benzene rings is 1. The Bertz CT molecular complexity index is 611. The standard InChI is InChI=1S/C16H21N3O3/c1-22-13-10-11(18-15(21)16(17)7-3-8-16)5-6-12(13)19-9-2-4-14(19)20/h5-6,10H,2-4,7-9,17H2,1H3,(H,18,21). The number of nitrogens with zero attached hydrogens (tertiary/aromatic N) is 1. The summed E-state index contributed by atoms with van der Waals surface area (Å²) in [5.41, 5.74) is 6.65. The summed E-state index contributed by atoms with van der Waals surface area (Å²) in [5.74, 6) is 0.518. The van der Waals surface area contributed by atoms with Crippen molar-refractivity contribution in [2.75, 3.05) is 23.9 Å². The van der Waals surface area contributed by atoms with E-state index in [1.807, 2.05) is 6.07 Å². The number of rotatable bonds is 4. The van der Waals surface area contributed by atoms with Crippen LogP contribution in [0.5, 0.6) is 5.75 Å². The van der Waals surface area contributed by atoms with Gasteiger partial charge in [0.15, 0.2) is 0 Å². The average molecular weight is 303 g/mol. The number of carbonyl (C=O) groups excluding carboxylic acids is 2. The van der Waals surface area contributed by atoms with Gasteiger partial charge < -0.3 is 20.7 Å². The van der Waals surface area contributed by atoms with E-state index in [0.717, 1.165) is 31.4 Å². The molecule has 0 bridgehead atoms. The molecule has 6 nitrogen and oxygen atoms in total. The van der Waals surface area contributed by atoms with E-state index in [9.17, 15) is 9.59 Å². The predicted molar refractivity (Wildman–Crippen MR) is 84.0 cm³/mol. The summed E-state index contributed by atoms with van der Waals surface area (Å²) >= 11 is 0. The van der Waals surface area contributed by atoms with Crippen molar-refractivity contribution in [1.82, 2.24) is 0 Å². The maximum absolute atomic E-state index is 12.2. The van der Waals surface area contributed by atoms with E-state index < -0.39 is 5.54 Å². The van der Waals surface area contributed by atoms with Crippen molar-refractivity contribution < 1.29 is 14.3 Å². The Morgan fingerprint density at radius 2 is 2.14 bits per heavy atom. The first-order valence-electron chi connectivity index (χ1n) is 7.62. The molecule has 1 aliphatic heterocycles. The third-order valence-electron chi connectivity index (χ3n) is 4.50. The molecule has 2 aliphatic rings. The molecule has 1 saturated carbocycles. The van der Waals surface area contributed by atoms with Crippen molar-refractivity contribution in [3.63, 3.8) is 0 Å². The minimum absolute atomic E-state index is 0.102. The van der Waals surface area contributed by atoms with Gasteiger partial charge in [0.05, 0.1) is 18.3 Å². The van der Waals surface area contributed by atoms with Crippen molar-refractivity contribution in [1.29, 1.82) is 0 Å². The van der Waals surface area contributed by atoms with Crippen LogP contribution in [0.25, 0.3) is 0 Å². The Morgan fingerprint density at radius 1 is 1.36 bits per heavy atom. The summed E-state index contributed by atoms with van der Waals surface area (Å²) in [6.07, 6.45) is 3.85. The molecular weight excluding hydrogens is 282 g/mol. The first-order chi connectivity index (χ1) is 10.5. The van der Waals surface area contributed by atoms with Crippen LogP contribution in [0.15, 0.2) is 18.2 Å². The van der Waals surface area contributed by atoms with Crippen LogP contribution >= 0.6 is 0 Å². The molecule has 6 heteroatoms. The van der Waals surface area contributed by atoms with Gasteiger partial charge in [-0.1, -0.05) is 0 Å². The first kappa shape index (κ1) is 14.8. The van der Waals surface area contributed by atoms with E-state index in [2.05, 4.69) is 5.32 Å². The minimum atomic E-state index is -0.739. The fourth-order valence-corrected chi connectivity index (χ4v) is 2.92. The third-order valence-corrected chi connectivity index (χ3v) is 4.50. The van der Waals surface area contributed by atoms with Gasteiger partial charge in [0.2, 0.25) is 11.8 Å². The van der Waals surface area contributed by atoms with Crippen molar-refractivity contribution in [2.45, 2.75) is 37.6 Å². The second-order valence-electron chi connectivity index (χ2n) is 6.00. The Balaban J connectivity index is 1.79. The zero-order chi connectivity index (χ0) is 15.7. The van der Waals surface area contributed by atoms with Crippen LogP contribution in [0.3, 0.4) is 0 Å². The van der Waals surface area contributed by atoms with Gasteiger partial charge in [0.25, 0.3) is 0 Å². The van der Waals surface area contributed by atoms with E-state index in [0.29, 0.717) is 24.4 Å². The fraction of sp³-hybridized carbons (Fsp3) is 0.500. The number of amides is 2. The van der Waals surface area contributed by atoms with E-state index in [1.54, 1.807) is 24.1 Å². The summed E-state index contributed by atoms with van der Waals surface area (Å²) in [7, 11) is 1.56. The molecular formula is C16H21N3O3. The van der Waals surface area contributed by atoms with E-state index in [-0.39, 0.29) is 11.8 Å². The fourth-order valence-electron chi connectivity index (χ4n) is 2.92.